The Morgan fingerprint density at radius 3 is 2.82 bits per heavy atom. The smallest absolute Gasteiger partial charge is 0.255 e. The average Bonchev–Trinajstić information content (AvgIpc) is 2.70. The van der Waals surface area contributed by atoms with Crippen LogP contribution < -0.4 is 19.5 Å². The van der Waals surface area contributed by atoms with Gasteiger partial charge in [-0.1, -0.05) is 11.6 Å². The summed E-state index contributed by atoms with van der Waals surface area (Å²) in [5, 5.41) is 22.5. The first-order valence-corrected chi connectivity index (χ1v) is 9.88. The number of nitrogens with one attached hydrogen (secondary N) is 1. The number of amides is 1. The third kappa shape index (κ3) is 4.63. The molecule has 3 N–H and O–H groups in total. The molecule has 0 radical (unpaired) electrons. The summed E-state index contributed by atoms with van der Waals surface area (Å²) in [5.74, 6) is 0.642. The Hall–Kier alpha value is -1.74. The van der Waals surface area contributed by atoms with Crippen molar-refractivity contribution in [1.82, 2.24) is 10.2 Å². The summed E-state index contributed by atoms with van der Waals surface area (Å²) >= 11 is 6.24. The number of methoxy groups -OCH3 is 1. The lowest BCUT2D eigenvalue weighted by atomic mass is 9.93. The van der Waals surface area contributed by atoms with Gasteiger partial charge in [-0.25, -0.2) is 0 Å². The van der Waals surface area contributed by atoms with Gasteiger partial charge < -0.3 is 34.6 Å². The second kappa shape index (κ2) is 9.65. The molecule has 0 bridgehead atoms. The van der Waals surface area contributed by atoms with Crippen LogP contribution in [-0.2, 0) is 0 Å². The number of benzene rings is 1. The summed E-state index contributed by atoms with van der Waals surface area (Å²) in [7, 11) is 1.48. The SMILES string of the molecule is COc1c(Cl)cc(C(=O)NCC2CCN(CCCO)C[C@H]2O)c2c1OCCO2. The molecular weight excluding hydrogens is 388 g/mol. The minimum atomic E-state index is -0.527. The summed E-state index contributed by atoms with van der Waals surface area (Å²) in [4.78, 5) is 14.9. The molecule has 2 aliphatic heterocycles. The van der Waals surface area contributed by atoms with Crippen LogP contribution in [0, 0.1) is 5.92 Å². The van der Waals surface area contributed by atoms with Gasteiger partial charge in [0.15, 0.2) is 11.5 Å². The van der Waals surface area contributed by atoms with E-state index in [9.17, 15) is 9.90 Å². The van der Waals surface area contributed by atoms with Gasteiger partial charge in [0.25, 0.3) is 5.91 Å². The highest BCUT2D eigenvalue weighted by molar-refractivity contribution is 6.33. The number of ether oxygens (including phenoxy) is 3. The lowest BCUT2D eigenvalue weighted by molar-refractivity contribution is 0.0201. The van der Waals surface area contributed by atoms with E-state index in [0.717, 1.165) is 19.5 Å². The summed E-state index contributed by atoms with van der Waals surface area (Å²) in [5.41, 5.74) is 0.287. The number of rotatable bonds is 7. The van der Waals surface area contributed by atoms with Crippen LogP contribution >= 0.6 is 11.6 Å². The van der Waals surface area contributed by atoms with Crippen molar-refractivity contribution in [3.63, 3.8) is 0 Å². The standard InChI is InChI=1S/C19H27ClN2O6/c1-26-17-14(20)9-13(16-18(17)28-8-7-27-16)19(25)21-10-12-3-5-22(4-2-6-23)11-15(12)24/h9,12,15,23-24H,2-8,10-11H2,1H3,(H,21,25)/t12?,15-/m1/s1. The monoisotopic (exact) mass is 414 g/mol. The number of β-amino-alcohol motifs (C(OH)–C–C–N with tert-alkyl or cyclic N) is 1. The summed E-state index contributed by atoms with van der Waals surface area (Å²) < 4.78 is 16.5. The van der Waals surface area contributed by atoms with Crippen LogP contribution in [0.15, 0.2) is 6.07 Å². The molecule has 0 spiro atoms. The third-order valence-electron chi connectivity index (χ3n) is 5.13. The van der Waals surface area contributed by atoms with E-state index in [-0.39, 0.29) is 29.0 Å². The van der Waals surface area contributed by atoms with E-state index in [1.807, 2.05) is 0 Å². The molecule has 0 saturated carbocycles. The summed E-state index contributed by atoms with van der Waals surface area (Å²) in [6.07, 6.45) is 0.939. The Bertz CT molecular complexity index is 701. The Morgan fingerprint density at radius 2 is 2.14 bits per heavy atom. The first kappa shape index (κ1) is 21.0. The lowest BCUT2D eigenvalue weighted by Crippen LogP contribution is -2.48. The Balaban J connectivity index is 1.64. The molecule has 2 heterocycles. The molecule has 156 valence electrons. The topological polar surface area (TPSA) is 100 Å². The molecule has 1 aromatic carbocycles. The second-order valence-electron chi connectivity index (χ2n) is 7.00. The van der Waals surface area contributed by atoms with E-state index in [2.05, 4.69) is 10.2 Å². The van der Waals surface area contributed by atoms with Gasteiger partial charge in [0.2, 0.25) is 5.75 Å². The number of fused-ring (bicyclic) bond motifs is 1. The van der Waals surface area contributed by atoms with Gasteiger partial charge in [-0.2, -0.15) is 0 Å². The molecule has 1 unspecified atom stereocenters. The van der Waals surface area contributed by atoms with Gasteiger partial charge in [0, 0.05) is 32.2 Å². The number of likely N-dealkylation sites (tertiary alicyclic amines) is 1. The van der Waals surface area contributed by atoms with Crippen LogP contribution in [0.2, 0.25) is 5.02 Å². The zero-order valence-corrected chi connectivity index (χ0v) is 16.7. The molecule has 28 heavy (non-hydrogen) atoms. The highest BCUT2D eigenvalue weighted by Gasteiger charge is 2.30. The molecule has 3 rings (SSSR count). The Kier molecular flexibility index (Phi) is 7.23. The van der Waals surface area contributed by atoms with Crippen LogP contribution in [0.3, 0.4) is 0 Å². The first-order valence-electron chi connectivity index (χ1n) is 9.50. The van der Waals surface area contributed by atoms with E-state index >= 15 is 0 Å². The zero-order chi connectivity index (χ0) is 20.1. The number of nitrogens with zero attached hydrogens (tertiary/aromatic N) is 1. The number of hydrogen-bond acceptors (Lipinski definition) is 7. The third-order valence-corrected chi connectivity index (χ3v) is 5.41. The van der Waals surface area contributed by atoms with Crippen molar-refractivity contribution in [2.24, 2.45) is 5.92 Å². The van der Waals surface area contributed by atoms with E-state index < -0.39 is 6.10 Å². The number of hydrogen-bond donors (Lipinski definition) is 3. The maximum absolute atomic E-state index is 12.8. The number of aliphatic hydroxyl groups is 2. The van der Waals surface area contributed by atoms with Crippen molar-refractivity contribution in [3.8, 4) is 17.2 Å². The molecule has 9 heteroatoms. The largest absolute Gasteiger partial charge is 0.491 e. The lowest BCUT2D eigenvalue weighted by Gasteiger charge is -2.36. The highest BCUT2D eigenvalue weighted by atomic mass is 35.5. The molecule has 0 aromatic heterocycles. The van der Waals surface area contributed by atoms with E-state index in [1.54, 1.807) is 0 Å². The summed E-state index contributed by atoms with van der Waals surface area (Å²) in [6, 6.07) is 1.51. The minimum absolute atomic E-state index is 0.0314. The number of carbonyl (C=O) groups excluding carboxylic acids is 1. The van der Waals surface area contributed by atoms with E-state index in [4.69, 9.17) is 30.9 Å². The van der Waals surface area contributed by atoms with Gasteiger partial charge in [0.05, 0.1) is 23.8 Å². The number of carbonyl (C=O) groups is 1. The highest BCUT2D eigenvalue weighted by Crippen LogP contribution is 2.46. The minimum Gasteiger partial charge on any atom is -0.491 e. The molecule has 1 amide bonds. The number of piperidine rings is 1. The molecular formula is C19H27ClN2O6. The molecule has 1 aromatic rings. The average molecular weight is 415 g/mol. The molecule has 1 saturated heterocycles. The quantitative estimate of drug-likeness (QED) is 0.609. The van der Waals surface area contributed by atoms with Crippen molar-refractivity contribution < 1.29 is 29.2 Å². The molecule has 2 atom stereocenters. The van der Waals surface area contributed by atoms with Gasteiger partial charge in [-0.05, 0) is 25.5 Å². The summed E-state index contributed by atoms with van der Waals surface area (Å²) in [6.45, 7) is 3.33. The van der Waals surface area contributed by atoms with Crippen molar-refractivity contribution >= 4 is 17.5 Å². The van der Waals surface area contributed by atoms with Crippen LogP contribution in [0.1, 0.15) is 23.2 Å². The molecule has 1 fully saturated rings. The van der Waals surface area contributed by atoms with E-state index in [1.165, 1.54) is 13.2 Å². The maximum atomic E-state index is 12.8. The fourth-order valence-electron chi connectivity index (χ4n) is 3.61. The Labute approximate surface area is 169 Å². The van der Waals surface area contributed by atoms with Crippen molar-refractivity contribution in [2.75, 3.05) is 53.1 Å². The molecule has 2 aliphatic rings. The van der Waals surface area contributed by atoms with Gasteiger partial charge in [-0.3, -0.25) is 4.79 Å². The predicted molar refractivity (Wildman–Crippen MR) is 104 cm³/mol. The van der Waals surface area contributed by atoms with Crippen LogP contribution in [0.4, 0.5) is 0 Å². The molecule has 0 aliphatic carbocycles. The van der Waals surface area contributed by atoms with Crippen molar-refractivity contribution in [3.05, 3.63) is 16.7 Å². The van der Waals surface area contributed by atoms with Crippen molar-refractivity contribution in [1.29, 1.82) is 0 Å². The van der Waals surface area contributed by atoms with Crippen LogP contribution in [0.5, 0.6) is 17.2 Å². The van der Waals surface area contributed by atoms with Gasteiger partial charge >= 0.3 is 0 Å². The fraction of sp³-hybridized carbons (Fsp3) is 0.632. The fourth-order valence-corrected chi connectivity index (χ4v) is 3.88. The van der Waals surface area contributed by atoms with Crippen molar-refractivity contribution in [2.45, 2.75) is 18.9 Å². The van der Waals surface area contributed by atoms with Gasteiger partial charge in [-0.15, -0.1) is 0 Å². The Morgan fingerprint density at radius 1 is 1.39 bits per heavy atom. The second-order valence-corrected chi connectivity index (χ2v) is 7.41. The number of aliphatic hydroxyl groups excluding tert-OH is 2. The van der Waals surface area contributed by atoms with E-state index in [0.29, 0.717) is 50.0 Å². The van der Waals surface area contributed by atoms with Crippen LogP contribution in [0.25, 0.3) is 0 Å². The molecule has 8 nitrogen and oxygen atoms in total. The van der Waals surface area contributed by atoms with Gasteiger partial charge in [0.1, 0.15) is 13.2 Å². The maximum Gasteiger partial charge on any atom is 0.255 e. The zero-order valence-electron chi connectivity index (χ0n) is 15.9. The number of halogens is 1. The normalized spacial score (nSPS) is 22.0. The first-order chi connectivity index (χ1) is 13.5. The predicted octanol–water partition coefficient (Wildman–Crippen LogP) is 0.915. The van der Waals surface area contributed by atoms with Crippen LogP contribution in [-0.4, -0.2) is 80.2 Å².